The van der Waals surface area contributed by atoms with Crippen LogP contribution in [0.3, 0.4) is 0 Å². The molecular weight excluding hydrogens is 234 g/mol. The number of anilines is 1. The number of nitrogens with zero attached hydrogens (tertiary/aromatic N) is 2. The molecule has 2 unspecified atom stereocenters. The topological polar surface area (TPSA) is 32.5 Å². The molecule has 0 spiro atoms. The molecule has 106 valence electrons. The third-order valence-electron chi connectivity index (χ3n) is 4.34. The Labute approximate surface area is 117 Å². The highest BCUT2D eigenvalue weighted by Crippen LogP contribution is 2.22. The predicted molar refractivity (Wildman–Crippen MR) is 82.0 cm³/mol. The van der Waals surface area contributed by atoms with Crippen molar-refractivity contribution in [3.8, 4) is 0 Å². The summed E-state index contributed by atoms with van der Waals surface area (Å²) >= 11 is 0. The zero-order valence-corrected chi connectivity index (χ0v) is 12.5. The van der Waals surface area contributed by atoms with Gasteiger partial charge < -0.3 is 10.6 Å². The van der Waals surface area contributed by atoms with Crippen LogP contribution in [0, 0.1) is 5.92 Å². The third-order valence-corrected chi connectivity index (χ3v) is 4.34. The second kappa shape index (κ2) is 6.40. The SMILES string of the molecule is CCN1CCC(N(C)Cc2cccc(N)c2)C(C)C1. The summed E-state index contributed by atoms with van der Waals surface area (Å²) in [6.45, 7) is 9.25. The van der Waals surface area contributed by atoms with E-state index < -0.39 is 0 Å². The second-order valence-electron chi connectivity index (χ2n) is 5.89. The lowest BCUT2D eigenvalue weighted by Gasteiger charge is -2.41. The number of hydrogen-bond acceptors (Lipinski definition) is 3. The standard InChI is InChI=1S/C16H27N3/c1-4-19-9-8-16(13(2)11-19)18(3)12-14-6-5-7-15(17)10-14/h5-7,10,13,16H,4,8-9,11-12,17H2,1-3H3. The van der Waals surface area contributed by atoms with Crippen molar-refractivity contribution in [1.82, 2.24) is 9.80 Å². The van der Waals surface area contributed by atoms with Crippen molar-refractivity contribution < 1.29 is 0 Å². The van der Waals surface area contributed by atoms with Crippen molar-refractivity contribution in [2.75, 3.05) is 32.4 Å². The van der Waals surface area contributed by atoms with E-state index in [4.69, 9.17) is 5.73 Å². The Balaban J connectivity index is 1.94. The first-order chi connectivity index (χ1) is 9.10. The molecule has 0 radical (unpaired) electrons. The van der Waals surface area contributed by atoms with Gasteiger partial charge in [0.1, 0.15) is 0 Å². The molecular formula is C16H27N3. The van der Waals surface area contributed by atoms with Crippen LogP contribution in [0.2, 0.25) is 0 Å². The summed E-state index contributed by atoms with van der Waals surface area (Å²) in [6, 6.07) is 8.93. The van der Waals surface area contributed by atoms with Crippen LogP contribution in [0.5, 0.6) is 0 Å². The van der Waals surface area contributed by atoms with E-state index in [1.807, 2.05) is 12.1 Å². The van der Waals surface area contributed by atoms with Crippen LogP contribution in [-0.4, -0.2) is 42.5 Å². The van der Waals surface area contributed by atoms with Crippen LogP contribution in [0.4, 0.5) is 5.69 Å². The first kappa shape index (κ1) is 14.4. The number of piperidine rings is 1. The lowest BCUT2D eigenvalue weighted by Crippen LogP contribution is -2.48. The van der Waals surface area contributed by atoms with Crippen molar-refractivity contribution >= 4 is 5.69 Å². The van der Waals surface area contributed by atoms with Gasteiger partial charge in [-0.05, 0) is 50.2 Å². The summed E-state index contributed by atoms with van der Waals surface area (Å²) in [7, 11) is 2.24. The van der Waals surface area contributed by atoms with Crippen molar-refractivity contribution in [1.29, 1.82) is 0 Å². The quantitative estimate of drug-likeness (QED) is 0.845. The third kappa shape index (κ3) is 3.71. The number of hydrogen-bond donors (Lipinski definition) is 1. The van der Waals surface area contributed by atoms with Crippen LogP contribution >= 0.6 is 0 Å². The van der Waals surface area contributed by atoms with Crippen molar-refractivity contribution in [3.63, 3.8) is 0 Å². The normalized spacial score (nSPS) is 24.8. The zero-order chi connectivity index (χ0) is 13.8. The van der Waals surface area contributed by atoms with Crippen molar-refractivity contribution in [3.05, 3.63) is 29.8 Å². The summed E-state index contributed by atoms with van der Waals surface area (Å²) in [5.74, 6) is 0.736. The molecule has 2 rings (SSSR count). The summed E-state index contributed by atoms with van der Waals surface area (Å²) in [6.07, 6.45) is 1.27. The fraction of sp³-hybridized carbons (Fsp3) is 0.625. The van der Waals surface area contributed by atoms with Crippen LogP contribution in [0.15, 0.2) is 24.3 Å². The average molecular weight is 261 g/mol. The Morgan fingerprint density at radius 3 is 2.84 bits per heavy atom. The highest BCUT2D eigenvalue weighted by atomic mass is 15.2. The van der Waals surface area contributed by atoms with E-state index in [0.717, 1.165) is 18.2 Å². The van der Waals surface area contributed by atoms with Crippen LogP contribution in [-0.2, 0) is 6.54 Å². The van der Waals surface area contributed by atoms with Crippen LogP contribution in [0.1, 0.15) is 25.8 Å². The molecule has 1 aromatic rings. The number of likely N-dealkylation sites (tertiary alicyclic amines) is 1. The monoisotopic (exact) mass is 261 g/mol. The van der Waals surface area contributed by atoms with E-state index in [0.29, 0.717) is 6.04 Å². The number of nitrogens with two attached hydrogens (primary N) is 1. The van der Waals surface area contributed by atoms with Crippen LogP contribution in [0.25, 0.3) is 0 Å². The molecule has 3 heteroatoms. The Bertz CT molecular complexity index is 405. The molecule has 2 atom stereocenters. The molecule has 1 aliphatic rings. The van der Waals surface area contributed by atoms with Gasteiger partial charge in [-0.3, -0.25) is 4.90 Å². The van der Waals surface area contributed by atoms with E-state index in [1.165, 1.54) is 31.6 Å². The van der Waals surface area contributed by atoms with E-state index >= 15 is 0 Å². The number of rotatable bonds is 4. The minimum absolute atomic E-state index is 0.684. The molecule has 2 N–H and O–H groups in total. The highest BCUT2D eigenvalue weighted by molar-refractivity contribution is 5.40. The second-order valence-corrected chi connectivity index (χ2v) is 5.89. The number of benzene rings is 1. The zero-order valence-electron chi connectivity index (χ0n) is 12.5. The van der Waals surface area contributed by atoms with Gasteiger partial charge in [0.15, 0.2) is 0 Å². The Hall–Kier alpha value is -1.06. The van der Waals surface area contributed by atoms with Gasteiger partial charge in [0, 0.05) is 24.8 Å². The molecule has 0 bridgehead atoms. The minimum atomic E-state index is 0.684. The molecule has 0 amide bonds. The predicted octanol–water partition coefficient (Wildman–Crippen LogP) is 2.43. The molecule has 0 saturated carbocycles. The molecule has 1 aliphatic heterocycles. The molecule has 0 aromatic heterocycles. The Morgan fingerprint density at radius 2 is 2.21 bits per heavy atom. The fourth-order valence-electron chi connectivity index (χ4n) is 3.26. The first-order valence-electron chi connectivity index (χ1n) is 7.37. The molecule has 1 aromatic carbocycles. The van der Waals surface area contributed by atoms with E-state index in [-0.39, 0.29) is 0 Å². The fourth-order valence-corrected chi connectivity index (χ4v) is 3.26. The lowest BCUT2D eigenvalue weighted by atomic mass is 9.92. The van der Waals surface area contributed by atoms with E-state index in [1.54, 1.807) is 0 Å². The first-order valence-corrected chi connectivity index (χ1v) is 7.37. The van der Waals surface area contributed by atoms with E-state index in [9.17, 15) is 0 Å². The van der Waals surface area contributed by atoms with Gasteiger partial charge in [0.25, 0.3) is 0 Å². The van der Waals surface area contributed by atoms with Gasteiger partial charge in [-0.25, -0.2) is 0 Å². The van der Waals surface area contributed by atoms with Gasteiger partial charge >= 0.3 is 0 Å². The molecule has 1 saturated heterocycles. The maximum atomic E-state index is 5.85. The molecule has 19 heavy (non-hydrogen) atoms. The average Bonchev–Trinajstić information content (AvgIpc) is 2.38. The Kier molecular flexibility index (Phi) is 4.83. The molecule has 3 nitrogen and oxygen atoms in total. The highest BCUT2D eigenvalue weighted by Gasteiger charge is 2.28. The summed E-state index contributed by atoms with van der Waals surface area (Å²) < 4.78 is 0. The van der Waals surface area contributed by atoms with Gasteiger partial charge in [-0.15, -0.1) is 0 Å². The maximum absolute atomic E-state index is 5.85. The van der Waals surface area contributed by atoms with Gasteiger partial charge in [0.05, 0.1) is 0 Å². The molecule has 1 heterocycles. The smallest absolute Gasteiger partial charge is 0.0317 e. The van der Waals surface area contributed by atoms with Gasteiger partial charge in [-0.2, -0.15) is 0 Å². The van der Waals surface area contributed by atoms with Gasteiger partial charge in [-0.1, -0.05) is 26.0 Å². The lowest BCUT2D eigenvalue weighted by molar-refractivity contribution is 0.0787. The minimum Gasteiger partial charge on any atom is -0.399 e. The summed E-state index contributed by atoms with van der Waals surface area (Å²) in [5, 5.41) is 0. The maximum Gasteiger partial charge on any atom is 0.0317 e. The van der Waals surface area contributed by atoms with Crippen LogP contribution < -0.4 is 5.73 Å². The van der Waals surface area contributed by atoms with E-state index in [2.05, 4.69) is 42.8 Å². The number of nitrogen functional groups attached to an aromatic ring is 1. The summed E-state index contributed by atoms with van der Waals surface area (Å²) in [4.78, 5) is 5.04. The largest absolute Gasteiger partial charge is 0.399 e. The summed E-state index contributed by atoms with van der Waals surface area (Å²) in [5.41, 5.74) is 8.02. The molecule has 1 fully saturated rings. The van der Waals surface area contributed by atoms with Crippen molar-refractivity contribution in [2.45, 2.75) is 32.9 Å². The molecule has 0 aliphatic carbocycles. The van der Waals surface area contributed by atoms with Gasteiger partial charge in [0.2, 0.25) is 0 Å². The Morgan fingerprint density at radius 1 is 1.42 bits per heavy atom. The van der Waals surface area contributed by atoms with Crippen molar-refractivity contribution in [2.24, 2.45) is 5.92 Å².